The summed E-state index contributed by atoms with van der Waals surface area (Å²) < 4.78 is 16.8. The monoisotopic (exact) mass is 985 g/mol. The first-order chi connectivity index (χ1) is 35.0. The summed E-state index contributed by atoms with van der Waals surface area (Å²) in [5.41, 5.74) is 0. The fourth-order valence-corrected chi connectivity index (χ4v) is 7.90. The summed E-state index contributed by atoms with van der Waals surface area (Å²) in [5, 5.41) is 0. The lowest BCUT2D eigenvalue weighted by Crippen LogP contribution is -2.30. The summed E-state index contributed by atoms with van der Waals surface area (Å²) in [6.45, 7) is 6.48. The van der Waals surface area contributed by atoms with Crippen LogP contribution in [0.25, 0.3) is 0 Å². The molecule has 0 saturated heterocycles. The van der Waals surface area contributed by atoms with Gasteiger partial charge in [0.1, 0.15) is 13.2 Å². The third-order valence-electron chi connectivity index (χ3n) is 12.3. The molecular weight excluding hydrogens is 877 g/mol. The molecule has 404 valence electrons. The van der Waals surface area contributed by atoms with Gasteiger partial charge in [-0.05, 0) is 96.3 Å². The van der Waals surface area contributed by atoms with Gasteiger partial charge in [0.25, 0.3) is 0 Å². The van der Waals surface area contributed by atoms with Crippen LogP contribution < -0.4 is 0 Å². The zero-order valence-electron chi connectivity index (χ0n) is 46.2. The Morgan fingerprint density at radius 2 is 0.606 bits per heavy atom. The van der Waals surface area contributed by atoms with Crippen LogP contribution in [0, 0.1) is 0 Å². The summed E-state index contributed by atoms with van der Waals surface area (Å²) in [6.07, 6.45) is 79.3. The molecule has 0 spiro atoms. The molecule has 0 radical (unpaired) electrons. The molecule has 0 aromatic heterocycles. The maximum absolute atomic E-state index is 12.9. The summed E-state index contributed by atoms with van der Waals surface area (Å²) in [7, 11) is 0. The standard InChI is InChI=1S/C65H108O6/c1-4-7-10-13-16-19-22-25-28-31-34-37-40-43-46-49-52-55-58-64(67)70-61-62(60-69-63(66)57-54-51-48-45-42-39-36-33-30-27-24-21-18-15-12-9-6-3)71-65(68)59-56-53-50-47-44-41-38-35-32-29-26-23-20-17-14-11-8-5-2/h10,13,16,19,22,25,27-28,30-31,34-39,45,48,62H,4-9,11-12,14-15,17-18,20-21,23-24,26,29,32-33,40-44,46-47,49-61H2,1-3H3/b13-10-,19-16-,25-22-,30-27-,31-28-,37-34-,38-35-,39-36-,48-45-. The smallest absolute Gasteiger partial charge is 0.306 e. The largest absolute Gasteiger partial charge is 0.462 e. The Kier molecular flexibility index (Phi) is 55.4. The molecule has 0 saturated carbocycles. The van der Waals surface area contributed by atoms with Gasteiger partial charge >= 0.3 is 17.9 Å². The third-order valence-corrected chi connectivity index (χ3v) is 12.3. The Morgan fingerprint density at radius 3 is 1.04 bits per heavy atom. The Balaban J connectivity index is 4.53. The Morgan fingerprint density at radius 1 is 0.296 bits per heavy atom. The molecule has 0 aromatic rings. The molecule has 1 unspecified atom stereocenters. The van der Waals surface area contributed by atoms with Gasteiger partial charge in [0.2, 0.25) is 0 Å². The summed E-state index contributed by atoms with van der Waals surface area (Å²) in [5.74, 6) is -0.994. The first kappa shape index (κ1) is 67.1. The lowest BCUT2D eigenvalue weighted by atomic mass is 10.1. The van der Waals surface area contributed by atoms with Crippen molar-refractivity contribution in [1.82, 2.24) is 0 Å². The highest BCUT2D eigenvalue weighted by molar-refractivity contribution is 5.71. The van der Waals surface area contributed by atoms with Crippen LogP contribution in [-0.2, 0) is 28.6 Å². The van der Waals surface area contributed by atoms with Crippen LogP contribution >= 0.6 is 0 Å². The van der Waals surface area contributed by atoms with E-state index >= 15 is 0 Å². The van der Waals surface area contributed by atoms with Gasteiger partial charge in [0, 0.05) is 19.3 Å². The molecule has 6 nitrogen and oxygen atoms in total. The van der Waals surface area contributed by atoms with E-state index in [1.807, 2.05) is 24.3 Å². The molecule has 0 heterocycles. The zero-order valence-corrected chi connectivity index (χ0v) is 46.2. The van der Waals surface area contributed by atoms with Crippen LogP contribution in [0.15, 0.2) is 109 Å². The number of ether oxygens (including phenoxy) is 3. The van der Waals surface area contributed by atoms with Gasteiger partial charge < -0.3 is 14.2 Å². The zero-order chi connectivity index (χ0) is 51.4. The quantitative estimate of drug-likeness (QED) is 0.0199. The van der Waals surface area contributed by atoms with Gasteiger partial charge in [-0.3, -0.25) is 14.4 Å². The SMILES string of the molecule is CCC\C=C/C=C\C=C/C=C\C=C/CCCCCCCC(=O)OCC(COC(=O)CCC/C=C\C/C=C\C/C=C\CCCCCCCC)OC(=O)CCCCCCC/C=C\CCCCCCCCCCC. The van der Waals surface area contributed by atoms with Crippen molar-refractivity contribution < 1.29 is 28.6 Å². The Labute approximate surface area is 438 Å². The van der Waals surface area contributed by atoms with Crippen LogP contribution in [0.4, 0.5) is 0 Å². The number of carbonyl (C=O) groups is 3. The minimum absolute atomic E-state index is 0.112. The molecule has 0 amide bonds. The fourth-order valence-electron chi connectivity index (χ4n) is 7.90. The molecule has 71 heavy (non-hydrogen) atoms. The number of hydrogen-bond donors (Lipinski definition) is 0. The van der Waals surface area contributed by atoms with Crippen molar-refractivity contribution in [2.75, 3.05) is 13.2 Å². The minimum Gasteiger partial charge on any atom is -0.462 e. The van der Waals surface area contributed by atoms with Gasteiger partial charge in [-0.1, -0.05) is 259 Å². The molecular formula is C65H108O6. The van der Waals surface area contributed by atoms with E-state index in [0.29, 0.717) is 19.3 Å². The van der Waals surface area contributed by atoms with Crippen molar-refractivity contribution in [3.05, 3.63) is 109 Å². The van der Waals surface area contributed by atoms with E-state index in [0.717, 1.165) is 96.3 Å². The highest BCUT2D eigenvalue weighted by atomic mass is 16.6. The Hall–Kier alpha value is -3.93. The molecule has 6 heteroatoms. The van der Waals surface area contributed by atoms with Crippen LogP contribution in [0.3, 0.4) is 0 Å². The van der Waals surface area contributed by atoms with Gasteiger partial charge in [-0.25, -0.2) is 0 Å². The minimum atomic E-state index is -0.816. The normalized spacial score (nSPS) is 12.9. The highest BCUT2D eigenvalue weighted by Crippen LogP contribution is 2.14. The van der Waals surface area contributed by atoms with Crippen molar-refractivity contribution in [1.29, 1.82) is 0 Å². The number of allylic oxidation sites excluding steroid dienone is 18. The second-order valence-electron chi connectivity index (χ2n) is 19.3. The predicted molar refractivity (Wildman–Crippen MR) is 307 cm³/mol. The average Bonchev–Trinajstić information content (AvgIpc) is 3.37. The first-order valence-electron chi connectivity index (χ1n) is 29.5. The van der Waals surface area contributed by atoms with E-state index < -0.39 is 6.10 Å². The van der Waals surface area contributed by atoms with E-state index in [-0.39, 0.29) is 37.5 Å². The van der Waals surface area contributed by atoms with E-state index in [4.69, 9.17) is 14.2 Å². The number of hydrogen-bond acceptors (Lipinski definition) is 6. The van der Waals surface area contributed by atoms with Crippen molar-refractivity contribution in [2.24, 2.45) is 0 Å². The van der Waals surface area contributed by atoms with Crippen molar-refractivity contribution in [3.8, 4) is 0 Å². The highest BCUT2D eigenvalue weighted by Gasteiger charge is 2.19. The van der Waals surface area contributed by atoms with Gasteiger partial charge in [0.15, 0.2) is 6.10 Å². The first-order valence-corrected chi connectivity index (χ1v) is 29.5. The average molecular weight is 986 g/mol. The molecule has 0 aromatic carbocycles. The molecule has 0 aliphatic carbocycles. The van der Waals surface area contributed by atoms with Gasteiger partial charge in [-0.15, -0.1) is 0 Å². The number of esters is 3. The molecule has 1 atom stereocenters. The number of unbranched alkanes of at least 4 members (excludes halogenated alkanes) is 27. The van der Waals surface area contributed by atoms with Gasteiger partial charge in [-0.2, -0.15) is 0 Å². The van der Waals surface area contributed by atoms with Crippen molar-refractivity contribution in [2.45, 2.75) is 271 Å². The second kappa shape index (κ2) is 58.6. The van der Waals surface area contributed by atoms with Crippen LogP contribution in [0.1, 0.15) is 265 Å². The fraction of sp³-hybridized carbons (Fsp3) is 0.677. The summed E-state index contributed by atoms with van der Waals surface area (Å²) in [6, 6.07) is 0. The van der Waals surface area contributed by atoms with E-state index in [1.165, 1.54) is 122 Å². The van der Waals surface area contributed by atoms with E-state index in [9.17, 15) is 14.4 Å². The molecule has 0 N–H and O–H groups in total. The topological polar surface area (TPSA) is 78.9 Å². The van der Waals surface area contributed by atoms with Crippen molar-refractivity contribution >= 4 is 17.9 Å². The maximum atomic E-state index is 12.9. The lowest BCUT2D eigenvalue weighted by Gasteiger charge is -2.18. The number of rotatable bonds is 52. The van der Waals surface area contributed by atoms with Crippen LogP contribution in [0.5, 0.6) is 0 Å². The maximum Gasteiger partial charge on any atom is 0.306 e. The number of carbonyl (C=O) groups excluding carboxylic acids is 3. The van der Waals surface area contributed by atoms with E-state index in [1.54, 1.807) is 0 Å². The molecule has 0 aliphatic rings. The third kappa shape index (κ3) is 56.9. The van der Waals surface area contributed by atoms with Crippen molar-refractivity contribution in [3.63, 3.8) is 0 Å². The second-order valence-corrected chi connectivity index (χ2v) is 19.3. The Bertz CT molecular complexity index is 1460. The summed E-state index contributed by atoms with van der Waals surface area (Å²) >= 11 is 0. The molecule has 0 aliphatic heterocycles. The summed E-state index contributed by atoms with van der Waals surface area (Å²) in [4.78, 5) is 38.2. The van der Waals surface area contributed by atoms with Gasteiger partial charge in [0.05, 0.1) is 0 Å². The van der Waals surface area contributed by atoms with Crippen LogP contribution in [0.2, 0.25) is 0 Å². The lowest BCUT2D eigenvalue weighted by molar-refractivity contribution is -0.167. The predicted octanol–water partition coefficient (Wildman–Crippen LogP) is 19.9. The molecule has 0 bridgehead atoms. The molecule has 0 rings (SSSR count). The van der Waals surface area contributed by atoms with E-state index in [2.05, 4.69) is 106 Å². The molecule has 0 fully saturated rings. The van der Waals surface area contributed by atoms with Crippen LogP contribution in [-0.4, -0.2) is 37.2 Å².